The van der Waals surface area contributed by atoms with E-state index in [1.165, 1.54) is 4.90 Å². The highest BCUT2D eigenvalue weighted by molar-refractivity contribution is 7.89. The molecule has 98 valence electrons. The third-order valence-corrected chi connectivity index (χ3v) is 4.51. The molecule has 0 radical (unpaired) electrons. The molecule has 8 nitrogen and oxygen atoms in total. The second-order valence-corrected chi connectivity index (χ2v) is 5.87. The van der Waals surface area contributed by atoms with Gasteiger partial charge >= 0.3 is 0 Å². The molecule has 1 aliphatic heterocycles. The van der Waals surface area contributed by atoms with Crippen molar-refractivity contribution in [1.82, 2.24) is 19.2 Å². The Hall–Kier alpha value is -1.74. The number of nitrogens with two attached hydrogens (primary N) is 1. The maximum Gasteiger partial charge on any atom is 0.246 e. The van der Waals surface area contributed by atoms with Gasteiger partial charge in [-0.05, 0) is 0 Å². The molecule has 18 heavy (non-hydrogen) atoms. The van der Waals surface area contributed by atoms with Crippen LogP contribution in [0.2, 0.25) is 0 Å². The lowest BCUT2D eigenvalue weighted by Gasteiger charge is -2.30. The van der Waals surface area contributed by atoms with Crippen LogP contribution in [0.1, 0.15) is 0 Å². The fourth-order valence-electron chi connectivity index (χ4n) is 1.55. The molecular formula is C9H13N5O3S. The van der Waals surface area contributed by atoms with Crippen molar-refractivity contribution in [1.29, 1.82) is 0 Å². The van der Waals surface area contributed by atoms with Gasteiger partial charge in [-0.15, -0.1) is 0 Å². The van der Waals surface area contributed by atoms with Gasteiger partial charge in [0.1, 0.15) is 4.90 Å². The van der Waals surface area contributed by atoms with Crippen LogP contribution in [-0.4, -0.2) is 60.2 Å². The lowest BCUT2D eigenvalue weighted by Crippen LogP contribution is -2.50. The Morgan fingerprint density at radius 3 is 2.44 bits per heavy atom. The minimum Gasteiger partial charge on any atom is -0.368 e. The highest BCUT2D eigenvalue weighted by Crippen LogP contribution is 2.16. The van der Waals surface area contributed by atoms with Crippen LogP contribution in [0.3, 0.4) is 0 Å². The summed E-state index contributed by atoms with van der Waals surface area (Å²) in [5.74, 6) is -0.232. The minimum absolute atomic E-state index is 0.00315. The molecule has 0 saturated carbocycles. The molecule has 1 aromatic rings. The van der Waals surface area contributed by atoms with Crippen LogP contribution in [0.25, 0.3) is 0 Å². The lowest BCUT2D eigenvalue weighted by atomic mass is 10.4. The molecule has 2 N–H and O–H groups in total. The Labute approximate surface area is 104 Å². The zero-order valence-electron chi connectivity index (χ0n) is 9.78. The number of hydrogen-bond acceptors (Lipinski definition) is 6. The first-order valence-electron chi connectivity index (χ1n) is 5.23. The maximum atomic E-state index is 12.2. The normalized spacial score (nSPS) is 18.1. The van der Waals surface area contributed by atoms with Crippen LogP contribution in [0.4, 0.5) is 5.95 Å². The number of nitrogen functional groups attached to an aromatic ring is 1. The maximum absolute atomic E-state index is 12.2. The molecular weight excluding hydrogens is 258 g/mol. The number of amides is 1. The van der Waals surface area contributed by atoms with Gasteiger partial charge in [0.2, 0.25) is 21.9 Å². The van der Waals surface area contributed by atoms with Crippen LogP contribution in [0, 0.1) is 0 Å². The van der Waals surface area contributed by atoms with Gasteiger partial charge < -0.3 is 10.6 Å². The Balaban J connectivity index is 2.26. The molecule has 1 saturated heterocycles. The molecule has 1 amide bonds. The molecule has 2 heterocycles. The summed E-state index contributed by atoms with van der Waals surface area (Å²) < 4.78 is 25.5. The topological polar surface area (TPSA) is 109 Å². The minimum atomic E-state index is -3.73. The van der Waals surface area contributed by atoms with Gasteiger partial charge in [0.15, 0.2) is 0 Å². The first-order chi connectivity index (χ1) is 8.41. The molecule has 0 spiro atoms. The Morgan fingerprint density at radius 1 is 1.28 bits per heavy atom. The summed E-state index contributed by atoms with van der Waals surface area (Å²) >= 11 is 0. The highest BCUT2D eigenvalue weighted by atomic mass is 32.2. The molecule has 9 heteroatoms. The molecule has 0 atom stereocenters. The Morgan fingerprint density at radius 2 is 1.89 bits per heavy atom. The van der Waals surface area contributed by atoms with Crippen LogP contribution in [0.5, 0.6) is 0 Å². The molecule has 1 fully saturated rings. The van der Waals surface area contributed by atoms with E-state index in [9.17, 15) is 13.2 Å². The predicted molar refractivity (Wildman–Crippen MR) is 62.8 cm³/mol. The second kappa shape index (κ2) is 4.50. The second-order valence-electron chi connectivity index (χ2n) is 3.93. The molecule has 0 aromatic carbocycles. The average molecular weight is 271 g/mol. The number of nitrogens with zero attached hydrogens (tertiary/aromatic N) is 4. The lowest BCUT2D eigenvalue weighted by molar-refractivity contribution is -0.132. The number of hydrogen-bond donors (Lipinski definition) is 1. The average Bonchev–Trinajstić information content (AvgIpc) is 2.33. The third kappa shape index (κ3) is 2.27. The summed E-state index contributed by atoms with van der Waals surface area (Å²) in [5.41, 5.74) is 5.30. The van der Waals surface area contributed by atoms with E-state index in [1.807, 2.05) is 0 Å². The molecule has 1 aliphatic rings. The molecule has 0 aliphatic carbocycles. The van der Waals surface area contributed by atoms with Gasteiger partial charge in [-0.3, -0.25) is 4.79 Å². The van der Waals surface area contributed by atoms with E-state index < -0.39 is 10.0 Å². The van der Waals surface area contributed by atoms with Crippen molar-refractivity contribution in [2.75, 3.05) is 32.4 Å². The number of aromatic nitrogens is 2. The Bertz CT molecular complexity index is 556. The summed E-state index contributed by atoms with van der Waals surface area (Å²) in [5, 5.41) is 0. The number of sulfonamides is 1. The van der Waals surface area contributed by atoms with E-state index >= 15 is 0 Å². The molecule has 0 unspecified atom stereocenters. The first-order valence-corrected chi connectivity index (χ1v) is 6.67. The summed E-state index contributed by atoms with van der Waals surface area (Å²) in [6, 6.07) is 0. The van der Waals surface area contributed by atoms with E-state index in [0.717, 1.165) is 16.7 Å². The number of carbonyl (C=O) groups excluding carboxylic acids is 1. The van der Waals surface area contributed by atoms with E-state index in [0.29, 0.717) is 6.54 Å². The molecule has 1 aromatic heterocycles. The van der Waals surface area contributed by atoms with Crippen LogP contribution in [0.15, 0.2) is 17.3 Å². The number of rotatable bonds is 2. The van der Waals surface area contributed by atoms with E-state index in [1.54, 1.807) is 7.05 Å². The van der Waals surface area contributed by atoms with Crippen LogP contribution >= 0.6 is 0 Å². The SMILES string of the molecule is CN1CCN(S(=O)(=O)c2cnc(N)nc2)CC1=O. The summed E-state index contributed by atoms with van der Waals surface area (Å²) in [7, 11) is -2.09. The number of anilines is 1. The quantitative estimate of drug-likeness (QED) is 0.702. The van der Waals surface area contributed by atoms with Crippen molar-refractivity contribution >= 4 is 21.9 Å². The van der Waals surface area contributed by atoms with E-state index in [-0.39, 0.29) is 29.8 Å². The zero-order chi connectivity index (χ0) is 13.3. The van der Waals surface area contributed by atoms with Crippen molar-refractivity contribution in [3.8, 4) is 0 Å². The van der Waals surface area contributed by atoms with Crippen molar-refractivity contribution in [3.63, 3.8) is 0 Å². The van der Waals surface area contributed by atoms with Gasteiger partial charge in [0.05, 0.1) is 18.9 Å². The largest absolute Gasteiger partial charge is 0.368 e. The van der Waals surface area contributed by atoms with Gasteiger partial charge in [-0.2, -0.15) is 4.31 Å². The van der Waals surface area contributed by atoms with E-state index in [2.05, 4.69) is 9.97 Å². The fourth-order valence-corrected chi connectivity index (χ4v) is 2.82. The van der Waals surface area contributed by atoms with Crippen molar-refractivity contribution < 1.29 is 13.2 Å². The predicted octanol–water partition coefficient (Wildman–Crippen LogP) is -1.48. The van der Waals surface area contributed by atoms with Crippen LogP contribution in [-0.2, 0) is 14.8 Å². The standard InChI is InChI=1S/C9H13N5O3S/c1-13-2-3-14(6-8(13)15)18(16,17)7-4-11-9(10)12-5-7/h4-5H,2-3,6H2,1H3,(H2,10,11,12). The number of piperazine rings is 1. The van der Waals surface area contributed by atoms with Crippen LogP contribution < -0.4 is 5.73 Å². The van der Waals surface area contributed by atoms with Gasteiger partial charge in [0, 0.05) is 20.1 Å². The number of carbonyl (C=O) groups is 1. The van der Waals surface area contributed by atoms with Crippen molar-refractivity contribution in [2.24, 2.45) is 0 Å². The van der Waals surface area contributed by atoms with E-state index in [4.69, 9.17) is 5.73 Å². The Kier molecular flexibility index (Phi) is 3.18. The van der Waals surface area contributed by atoms with Gasteiger partial charge in [-0.1, -0.05) is 0 Å². The molecule has 0 bridgehead atoms. The zero-order valence-corrected chi connectivity index (χ0v) is 10.6. The van der Waals surface area contributed by atoms with Gasteiger partial charge in [-0.25, -0.2) is 18.4 Å². The summed E-state index contributed by atoms with van der Waals surface area (Å²) in [6.07, 6.45) is 2.28. The fraction of sp³-hybridized carbons (Fsp3) is 0.444. The van der Waals surface area contributed by atoms with Crippen molar-refractivity contribution in [3.05, 3.63) is 12.4 Å². The monoisotopic (exact) mass is 271 g/mol. The molecule has 2 rings (SSSR count). The smallest absolute Gasteiger partial charge is 0.246 e. The third-order valence-electron chi connectivity index (χ3n) is 2.71. The first kappa shape index (κ1) is 12.7. The summed E-state index contributed by atoms with van der Waals surface area (Å²) in [4.78, 5) is 20.2. The number of likely N-dealkylation sites (N-methyl/N-ethyl adjacent to an activating group) is 1. The van der Waals surface area contributed by atoms with Crippen molar-refractivity contribution in [2.45, 2.75) is 4.90 Å². The van der Waals surface area contributed by atoms with Gasteiger partial charge in [0.25, 0.3) is 0 Å². The summed E-state index contributed by atoms with van der Waals surface area (Å²) in [6.45, 7) is 0.464. The highest BCUT2D eigenvalue weighted by Gasteiger charge is 2.31.